The van der Waals surface area contributed by atoms with Crippen LogP contribution in [-0.2, 0) is 14.0 Å². The molecule has 1 aliphatic rings. The quantitative estimate of drug-likeness (QED) is 0.537. The lowest BCUT2D eigenvalue weighted by Gasteiger charge is -2.32. The van der Waals surface area contributed by atoms with E-state index >= 15 is 0 Å². The molecule has 1 aromatic carbocycles. The Hall–Kier alpha value is -2.38. The number of rotatable bonds is 4. The summed E-state index contributed by atoms with van der Waals surface area (Å²) in [6.07, 6.45) is 1.75. The molecule has 1 fully saturated rings. The Labute approximate surface area is 185 Å². The number of carbonyl (C=O) groups excluding carboxylic acids is 1. The minimum Gasteiger partial charge on any atom is -0.481 e. The molecule has 31 heavy (non-hydrogen) atoms. The summed E-state index contributed by atoms with van der Waals surface area (Å²) < 4.78 is 23.4. The van der Waals surface area contributed by atoms with Gasteiger partial charge in [0.25, 0.3) is 0 Å². The molecule has 0 radical (unpaired) electrons. The molecule has 0 bridgehead atoms. The van der Waals surface area contributed by atoms with E-state index in [4.69, 9.17) is 18.8 Å². The maximum atomic E-state index is 12.4. The number of hydrogen-bond acceptors (Lipinski definition) is 6. The first kappa shape index (κ1) is 23.3. The number of methoxy groups -OCH3 is 1. The minimum absolute atomic E-state index is 0.340. The first-order valence-electron chi connectivity index (χ1n) is 10.5. The maximum absolute atomic E-state index is 12.4. The average molecular weight is 425 g/mol. The van der Waals surface area contributed by atoms with E-state index in [1.807, 2.05) is 73.6 Å². The van der Waals surface area contributed by atoms with E-state index in [0.717, 1.165) is 22.2 Å². The molecule has 0 unspecified atom stereocenters. The summed E-state index contributed by atoms with van der Waals surface area (Å²) in [5.41, 5.74) is 2.56. The third-order valence-electron chi connectivity index (χ3n) is 5.75. The van der Waals surface area contributed by atoms with Crippen molar-refractivity contribution in [1.29, 1.82) is 0 Å². The number of benzene rings is 1. The number of carbonyl (C=O) groups is 1. The summed E-state index contributed by atoms with van der Waals surface area (Å²) in [4.78, 5) is 16.9. The van der Waals surface area contributed by atoms with E-state index in [9.17, 15) is 4.79 Å². The summed E-state index contributed by atoms with van der Waals surface area (Å²) in [7, 11) is 0.992. The molecule has 1 aromatic heterocycles. The van der Waals surface area contributed by atoms with E-state index in [1.54, 1.807) is 19.4 Å². The van der Waals surface area contributed by atoms with Crippen molar-refractivity contribution in [3.05, 3.63) is 41.6 Å². The molecule has 0 saturated carbocycles. The molecule has 1 saturated heterocycles. The molecule has 0 atom stereocenters. The van der Waals surface area contributed by atoms with Crippen LogP contribution in [0.4, 0.5) is 0 Å². The molecular formula is C24H32BNO5. The van der Waals surface area contributed by atoms with Crippen molar-refractivity contribution in [3.8, 4) is 17.0 Å². The van der Waals surface area contributed by atoms with Crippen LogP contribution in [-0.4, -0.2) is 42.0 Å². The van der Waals surface area contributed by atoms with Gasteiger partial charge in [-0.15, -0.1) is 0 Å². The number of hydrogen-bond donors (Lipinski definition) is 0. The minimum atomic E-state index is -0.589. The van der Waals surface area contributed by atoms with E-state index in [-0.39, 0.29) is 5.97 Å². The zero-order valence-corrected chi connectivity index (χ0v) is 20.0. The van der Waals surface area contributed by atoms with Crippen LogP contribution in [0.5, 0.6) is 5.88 Å². The SMILES string of the molecule is COc1ncc(-c2ccc(C(=O)OC(C)(C)C)cc2C)cc1B1OC(C)(C)C(C)(C)O1. The fraction of sp³-hybridized carbons (Fsp3) is 0.500. The smallest absolute Gasteiger partial charge is 0.481 e. The topological polar surface area (TPSA) is 66.9 Å². The molecule has 0 amide bonds. The zero-order chi connectivity index (χ0) is 23.2. The van der Waals surface area contributed by atoms with Gasteiger partial charge < -0.3 is 18.8 Å². The molecular weight excluding hydrogens is 393 g/mol. The highest BCUT2D eigenvalue weighted by Gasteiger charge is 2.52. The van der Waals surface area contributed by atoms with Gasteiger partial charge in [-0.2, -0.15) is 0 Å². The Morgan fingerprint density at radius 2 is 1.68 bits per heavy atom. The number of nitrogens with zero attached hydrogens (tertiary/aromatic N) is 1. The van der Waals surface area contributed by atoms with Crippen LogP contribution in [0, 0.1) is 6.92 Å². The summed E-state index contributed by atoms with van der Waals surface area (Å²) >= 11 is 0. The Morgan fingerprint density at radius 1 is 1.06 bits per heavy atom. The van der Waals surface area contributed by atoms with Crippen LogP contribution in [0.1, 0.15) is 64.4 Å². The zero-order valence-electron chi connectivity index (χ0n) is 20.0. The Morgan fingerprint density at radius 3 is 2.19 bits per heavy atom. The monoisotopic (exact) mass is 425 g/mol. The van der Waals surface area contributed by atoms with Crippen LogP contribution in [0.15, 0.2) is 30.5 Å². The fourth-order valence-corrected chi connectivity index (χ4v) is 3.38. The van der Waals surface area contributed by atoms with Crippen LogP contribution >= 0.6 is 0 Å². The van der Waals surface area contributed by atoms with E-state index in [2.05, 4.69) is 4.98 Å². The largest absolute Gasteiger partial charge is 0.500 e. The molecule has 1 aliphatic heterocycles. The highest BCUT2D eigenvalue weighted by Crippen LogP contribution is 2.37. The maximum Gasteiger partial charge on any atom is 0.500 e. The van der Waals surface area contributed by atoms with Crippen LogP contribution in [0.25, 0.3) is 11.1 Å². The Bertz CT molecular complexity index is 978. The first-order valence-corrected chi connectivity index (χ1v) is 10.5. The van der Waals surface area contributed by atoms with E-state index < -0.39 is 23.9 Å². The van der Waals surface area contributed by atoms with Gasteiger partial charge >= 0.3 is 13.1 Å². The van der Waals surface area contributed by atoms with Crippen molar-refractivity contribution >= 4 is 18.6 Å². The second-order valence-electron chi connectivity index (χ2n) is 9.94. The van der Waals surface area contributed by atoms with E-state index in [1.165, 1.54) is 0 Å². The predicted molar refractivity (Wildman–Crippen MR) is 122 cm³/mol. The van der Waals surface area contributed by atoms with Crippen molar-refractivity contribution in [2.75, 3.05) is 7.11 Å². The first-order chi connectivity index (χ1) is 14.2. The van der Waals surface area contributed by atoms with Gasteiger partial charge in [-0.3, -0.25) is 0 Å². The summed E-state index contributed by atoms with van der Waals surface area (Å²) in [6, 6.07) is 7.49. The molecule has 2 aromatic rings. The molecule has 0 spiro atoms. The third-order valence-corrected chi connectivity index (χ3v) is 5.75. The normalized spacial score (nSPS) is 17.5. The number of aromatic nitrogens is 1. The molecule has 3 rings (SSSR count). The standard InChI is InChI=1S/C24H32BNO5/c1-15-12-16(21(27)29-22(2,3)4)10-11-18(15)17-13-19(20(28-9)26-14-17)25-30-23(5,6)24(7,8)31-25/h10-14H,1-9H3. The summed E-state index contributed by atoms with van der Waals surface area (Å²) in [6.45, 7) is 15.6. The van der Waals surface area contributed by atoms with Gasteiger partial charge in [-0.25, -0.2) is 9.78 Å². The van der Waals surface area contributed by atoms with Crippen molar-refractivity contribution in [3.63, 3.8) is 0 Å². The van der Waals surface area contributed by atoms with Crippen molar-refractivity contribution in [2.24, 2.45) is 0 Å². The third kappa shape index (κ3) is 4.78. The van der Waals surface area contributed by atoms with Gasteiger partial charge in [-0.1, -0.05) is 6.07 Å². The number of pyridine rings is 1. The Kier molecular flexibility index (Phi) is 5.97. The predicted octanol–water partition coefficient (Wildman–Crippen LogP) is 4.32. The van der Waals surface area contributed by atoms with Crippen LogP contribution < -0.4 is 10.2 Å². The van der Waals surface area contributed by atoms with Crippen LogP contribution in [0.3, 0.4) is 0 Å². The highest BCUT2D eigenvalue weighted by molar-refractivity contribution is 6.63. The lowest BCUT2D eigenvalue weighted by Crippen LogP contribution is -2.41. The second kappa shape index (κ2) is 7.95. The number of esters is 1. The lowest BCUT2D eigenvalue weighted by molar-refractivity contribution is 0.00578. The van der Waals surface area contributed by atoms with Crippen molar-refractivity contribution in [1.82, 2.24) is 4.98 Å². The summed E-state index contributed by atoms with van der Waals surface area (Å²) in [5, 5.41) is 0. The lowest BCUT2D eigenvalue weighted by atomic mass is 9.78. The second-order valence-corrected chi connectivity index (χ2v) is 9.94. The Balaban J connectivity index is 1.96. The molecule has 166 valence electrons. The summed E-state index contributed by atoms with van der Waals surface area (Å²) in [5.74, 6) is 0.123. The van der Waals surface area contributed by atoms with Gasteiger partial charge in [0, 0.05) is 17.2 Å². The number of ether oxygens (including phenoxy) is 2. The molecule has 2 heterocycles. The molecule has 7 heteroatoms. The van der Waals surface area contributed by atoms with Crippen LogP contribution in [0.2, 0.25) is 0 Å². The van der Waals surface area contributed by atoms with Gasteiger partial charge in [0.1, 0.15) is 5.60 Å². The van der Waals surface area contributed by atoms with Gasteiger partial charge in [-0.05, 0) is 84.7 Å². The van der Waals surface area contributed by atoms with Gasteiger partial charge in [0.05, 0.1) is 23.9 Å². The average Bonchev–Trinajstić information content (AvgIpc) is 2.87. The van der Waals surface area contributed by atoms with Gasteiger partial charge in [0.2, 0.25) is 5.88 Å². The molecule has 0 N–H and O–H groups in total. The number of aryl methyl sites for hydroxylation is 1. The van der Waals surface area contributed by atoms with Gasteiger partial charge in [0.15, 0.2) is 0 Å². The highest BCUT2D eigenvalue weighted by atomic mass is 16.7. The molecule has 6 nitrogen and oxygen atoms in total. The molecule has 0 aliphatic carbocycles. The van der Waals surface area contributed by atoms with Crippen molar-refractivity contribution in [2.45, 2.75) is 72.2 Å². The van der Waals surface area contributed by atoms with E-state index in [0.29, 0.717) is 11.4 Å². The van der Waals surface area contributed by atoms with Crippen molar-refractivity contribution < 1.29 is 23.6 Å². The fourth-order valence-electron chi connectivity index (χ4n) is 3.38.